The Morgan fingerprint density at radius 3 is 2.70 bits per heavy atom. The van der Waals surface area contributed by atoms with Crippen LogP contribution < -0.4 is 16.8 Å². The highest BCUT2D eigenvalue weighted by Gasteiger charge is 2.55. The summed E-state index contributed by atoms with van der Waals surface area (Å²) in [6.07, 6.45) is 0.269. The Balaban J connectivity index is 1.85. The van der Waals surface area contributed by atoms with Crippen molar-refractivity contribution in [3.05, 3.63) is 12.7 Å². The van der Waals surface area contributed by atoms with Crippen molar-refractivity contribution in [1.82, 2.24) is 19.5 Å². The smallest absolute Gasteiger partial charge is 0.242 e. The molecule has 0 aromatic carbocycles. The standard InChI is InChI=1S/C20H29N7O6/c1-10(28)15(30)16-20(32,11(2)29)7-13(33-16)27-9-25-14-17(23-8-24-18(14)27)26-19(31)12(22)5-3-4-6-21/h8-10,12-13,16,28,32H,3-7,21-22H2,1-2H3,(H,23,24,26,31)/t10?,12-,13+,16+,20+/m0/s1. The molecule has 0 radical (unpaired) electrons. The molecule has 1 aliphatic rings. The number of rotatable bonds is 10. The first kappa shape index (κ1) is 24.8. The summed E-state index contributed by atoms with van der Waals surface area (Å²) in [5.74, 6) is -1.79. The molecule has 2 aromatic rings. The fourth-order valence-electron chi connectivity index (χ4n) is 3.71. The average molecular weight is 463 g/mol. The molecule has 1 saturated heterocycles. The summed E-state index contributed by atoms with van der Waals surface area (Å²) in [7, 11) is 0. The quantitative estimate of drug-likeness (QED) is 0.264. The summed E-state index contributed by atoms with van der Waals surface area (Å²) in [5.41, 5.74) is 9.76. The number of ketones is 2. The van der Waals surface area contributed by atoms with Gasteiger partial charge in [-0.1, -0.05) is 6.42 Å². The molecular weight excluding hydrogens is 434 g/mol. The van der Waals surface area contributed by atoms with Gasteiger partial charge in [-0.2, -0.15) is 0 Å². The van der Waals surface area contributed by atoms with Crippen LogP contribution in [0.5, 0.6) is 0 Å². The number of aromatic nitrogens is 4. The molecule has 1 fully saturated rings. The van der Waals surface area contributed by atoms with Gasteiger partial charge < -0.3 is 31.7 Å². The molecule has 3 heterocycles. The van der Waals surface area contributed by atoms with E-state index in [1.807, 2.05) is 0 Å². The molecule has 13 nitrogen and oxygen atoms in total. The van der Waals surface area contributed by atoms with Crippen molar-refractivity contribution in [3.8, 4) is 0 Å². The Morgan fingerprint density at radius 1 is 1.33 bits per heavy atom. The molecule has 3 rings (SSSR count). The molecule has 0 bridgehead atoms. The molecular formula is C20H29N7O6. The lowest BCUT2D eigenvalue weighted by molar-refractivity contribution is -0.157. The predicted molar refractivity (Wildman–Crippen MR) is 116 cm³/mol. The van der Waals surface area contributed by atoms with Crippen molar-refractivity contribution in [3.63, 3.8) is 0 Å². The second kappa shape index (κ2) is 9.97. The summed E-state index contributed by atoms with van der Waals surface area (Å²) in [6.45, 7) is 2.89. The number of imidazole rings is 1. The molecule has 1 amide bonds. The average Bonchev–Trinajstić information content (AvgIpc) is 3.35. The van der Waals surface area contributed by atoms with Gasteiger partial charge in [-0.3, -0.25) is 19.0 Å². The van der Waals surface area contributed by atoms with E-state index in [0.29, 0.717) is 19.4 Å². The number of nitrogens with one attached hydrogen (secondary N) is 1. The lowest BCUT2D eigenvalue weighted by atomic mass is 9.87. The number of nitrogens with zero attached hydrogens (tertiary/aromatic N) is 4. The number of amides is 1. The van der Waals surface area contributed by atoms with Crippen LogP contribution in [0.25, 0.3) is 11.2 Å². The topological polar surface area (TPSA) is 209 Å². The summed E-state index contributed by atoms with van der Waals surface area (Å²) in [5, 5.41) is 23.2. The first-order valence-corrected chi connectivity index (χ1v) is 10.6. The van der Waals surface area contributed by atoms with Gasteiger partial charge in [0.2, 0.25) is 5.91 Å². The van der Waals surface area contributed by atoms with E-state index in [4.69, 9.17) is 16.2 Å². The van der Waals surface area contributed by atoms with Crippen molar-refractivity contribution in [2.75, 3.05) is 11.9 Å². The van der Waals surface area contributed by atoms with Crippen LogP contribution in [0.2, 0.25) is 0 Å². The van der Waals surface area contributed by atoms with Gasteiger partial charge in [0.15, 0.2) is 40.3 Å². The molecule has 1 aliphatic heterocycles. The van der Waals surface area contributed by atoms with E-state index in [9.17, 15) is 24.6 Å². The van der Waals surface area contributed by atoms with E-state index in [2.05, 4.69) is 20.3 Å². The highest BCUT2D eigenvalue weighted by atomic mass is 16.5. The number of hydrogen-bond donors (Lipinski definition) is 5. The monoisotopic (exact) mass is 463 g/mol. The first-order chi connectivity index (χ1) is 15.6. The minimum atomic E-state index is -2.12. The van der Waals surface area contributed by atoms with Crippen LogP contribution in [0, 0.1) is 0 Å². The first-order valence-electron chi connectivity index (χ1n) is 10.6. The van der Waals surface area contributed by atoms with E-state index in [1.54, 1.807) is 0 Å². The maximum absolute atomic E-state index is 12.4. The number of hydrogen-bond acceptors (Lipinski definition) is 11. The molecule has 5 atom stereocenters. The van der Waals surface area contributed by atoms with Gasteiger partial charge in [-0.25, -0.2) is 15.0 Å². The number of fused-ring (bicyclic) bond motifs is 1. The van der Waals surface area contributed by atoms with Gasteiger partial charge in [-0.05, 0) is 33.2 Å². The number of unbranched alkanes of at least 4 members (excludes halogenated alkanes) is 1. The van der Waals surface area contributed by atoms with Gasteiger partial charge in [0.1, 0.15) is 18.7 Å². The SMILES string of the molecule is CC(=O)[C@]1(O)C[C@H](n2cnc3c(NC(=O)[C@@H](N)CCCCN)ncnc32)O[C@@H]1C(=O)C(C)O. The lowest BCUT2D eigenvalue weighted by Crippen LogP contribution is -2.51. The highest BCUT2D eigenvalue weighted by Crippen LogP contribution is 2.39. The Kier molecular flexibility index (Phi) is 7.49. The van der Waals surface area contributed by atoms with Gasteiger partial charge in [-0.15, -0.1) is 0 Å². The maximum atomic E-state index is 12.4. The van der Waals surface area contributed by atoms with Crippen LogP contribution in [-0.2, 0) is 19.1 Å². The predicted octanol–water partition coefficient (Wildman–Crippen LogP) is -1.22. The van der Waals surface area contributed by atoms with Crippen LogP contribution in [0.4, 0.5) is 5.82 Å². The molecule has 1 unspecified atom stereocenters. The number of ether oxygens (including phenoxy) is 1. The normalized spacial score (nSPS) is 24.5. The zero-order chi connectivity index (χ0) is 24.3. The molecule has 180 valence electrons. The van der Waals surface area contributed by atoms with Crippen LogP contribution in [0.3, 0.4) is 0 Å². The van der Waals surface area contributed by atoms with Crippen molar-refractivity contribution < 1.29 is 29.3 Å². The second-order valence-corrected chi connectivity index (χ2v) is 8.16. The van der Waals surface area contributed by atoms with Crippen LogP contribution >= 0.6 is 0 Å². The molecule has 7 N–H and O–H groups in total. The van der Waals surface area contributed by atoms with E-state index >= 15 is 0 Å². The van der Waals surface area contributed by atoms with E-state index in [0.717, 1.165) is 13.3 Å². The summed E-state index contributed by atoms with van der Waals surface area (Å²) < 4.78 is 7.12. The number of Topliss-reactive ketones (excluding diaryl/α,β-unsaturated/α-hetero) is 2. The van der Waals surface area contributed by atoms with Gasteiger partial charge >= 0.3 is 0 Å². The minimum Gasteiger partial charge on any atom is -0.386 e. The summed E-state index contributed by atoms with van der Waals surface area (Å²) >= 11 is 0. The van der Waals surface area contributed by atoms with E-state index in [-0.39, 0.29) is 23.4 Å². The largest absolute Gasteiger partial charge is 0.386 e. The van der Waals surface area contributed by atoms with Crippen LogP contribution in [0.1, 0.15) is 45.8 Å². The number of carbonyl (C=O) groups excluding carboxylic acids is 3. The number of nitrogens with two attached hydrogens (primary N) is 2. The van der Waals surface area contributed by atoms with E-state index in [1.165, 1.54) is 24.1 Å². The lowest BCUT2D eigenvalue weighted by Gasteiger charge is -2.24. The van der Waals surface area contributed by atoms with Crippen molar-refractivity contribution in [2.45, 2.75) is 69.6 Å². The molecule has 2 aromatic heterocycles. The van der Waals surface area contributed by atoms with E-state index < -0.39 is 47.6 Å². The summed E-state index contributed by atoms with van der Waals surface area (Å²) in [4.78, 5) is 49.4. The molecule has 0 saturated carbocycles. The molecule has 13 heteroatoms. The Labute approximate surface area is 189 Å². The second-order valence-electron chi connectivity index (χ2n) is 8.16. The fraction of sp³-hybridized carbons (Fsp3) is 0.600. The number of aliphatic hydroxyl groups excluding tert-OH is 1. The van der Waals surface area contributed by atoms with Gasteiger partial charge in [0.25, 0.3) is 0 Å². The Hall–Kier alpha value is -2.84. The number of carbonyl (C=O) groups is 3. The number of anilines is 1. The van der Waals surface area contributed by atoms with Gasteiger partial charge in [0, 0.05) is 6.42 Å². The third-order valence-electron chi connectivity index (χ3n) is 5.71. The zero-order valence-electron chi connectivity index (χ0n) is 18.5. The van der Waals surface area contributed by atoms with Gasteiger partial charge in [0.05, 0.1) is 12.4 Å². The van der Waals surface area contributed by atoms with Crippen molar-refractivity contribution >= 4 is 34.5 Å². The summed E-state index contributed by atoms with van der Waals surface area (Å²) in [6, 6.07) is -0.750. The third kappa shape index (κ3) is 4.91. The van der Waals surface area contributed by atoms with Crippen LogP contribution in [0.15, 0.2) is 12.7 Å². The van der Waals surface area contributed by atoms with Crippen molar-refractivity contribution in [1.29, 1.82) is 0 Å². The Morgan fingerprint density at radius 2 is 2.06 bits per heavy atom. The van der Waals surface area contributed by atoms with Crippen LogP contribution in [-0.4, -0.2) is 77.6 Å². The molecule has 33 heavy (non-hydrogen) atoms. The highest BCUT2D eigenvalue weighted by molar-refractivity contribution is 5.99. The minimum absolute atomic E-state index is 0.134. The number of aliphatic hydroxyl groups is 2. The third-order valence-corrected chi connectivity index (χ3v) is 5.71. The Bertz CT molecular complexity index is 1040. The molecule has 0 aliphatic carbocycles. The maximum Gasteiger partial charge on any atom is 0.242 e. The molecule has 0 spiro atoms. The van der Waals surface area contributed by atoms with Crippen molar-refractivity contribution in [2.24, 2.45) is 11.5 Å². The zero-order valence-corrected chi connectivity index (χ0v) is 18.5. The fourth-order valence-corrected chi connectivity index (χ4v) is 3.71.